The van der Waals surface area contributed by atoms with Crippen LogP contribution in [-0.4, -0.2) is 40.3 Å². The summed E-state index contributed by atoms with van der Waals surface area (Å²) in [5.74, 6) is 1.58. The maximum atomic E-state index is 12.1. The van der Waals surface area contributed by atoms with Gasteiger partial charge < -0.3 is 9.47 Å². The van der Waals surface area contributed by atoms with Crippen LogP contribution >= 0.6 is 0 Å². The molecule has 0 radical (unpaired) electrons. The zero-order chi connectivity index (χ0) is 21.0. The lowest BCUT2D eigenvalue weighted by molar-refractivity contribution is 0.143. The van der Waals surface area contributed by atoms with Gasteiger partial charge in [-0.3, -0.25) is 14.3 Å². The number of hydrogen-bond donors (Lipinski definition) is 0. The summed E-state index contributed by atoms with van der Waals surface area (Å²) in [6.07, 6.45) is 10.3. The van der Waals surface area contributed by atoms with Crippen molar-refractivity contribution in [1.29, 1.82) is 0 Å². The standard InChI is InChI=1S/C25H33N3O3/c29-24-15-21(16-27-13-5-2-6-14-27)28-17-23(31-25(28)26-24)18-30-22-11-9-20(10-12-22)19-7-3-1-4-8-19/h9-12,15,19,23H,1-8,13-14,16-18H2. The van der Waals surface area contributed by atoms with E-state index in [-0.39, 0.29) is 11.7 Å². The summed E-state index contributed by atoms with van der Waals surface area (Å²) in [6, 6.07) is 10.7. The molecule has 1 saturated heterocycles. The molecule has 5 rings (SSSR count). The van der Waals surface area contributed by atoms with Crippen molar-refractivity contribution in [2.45, 2.75) is 76.5 Å². The van der Waals surface area contributed by atoms with Gasteiger partial charge in [0.25, 0.3) is 5.56 Å². The summed E-state index contributed by atoms with van der Waals surface area (Å²) in [5.41, 5.74) is 2.20. The molecule has 1 unspecified atom stereocenters. The van der Waals surface area contributed by atoms with Crippen LogP contribution in [0.4, 0.5) is 0 Å². The number of rotatable bonds is 6. The molecule has 6 heteroatoms. The fourth-order valence-electron chi connectivity index (χ4n) is 5.23. The highest BCUT2D eigenvalue weighted by Gasteiger charge is 2.27. The van der Waals surface area contributed by atoms with Crippen molar-refractivity contribution >= 4 is 0 Å². The highest BCUT2D eigenvalue weighted by atomic mass is 16.6. The highest BCUT2D eigenvalue weighted by Crippen LogP contribution is 2.33. The van der Waals surface area contributed by atoms with Gasteiger partial charge in [0.1, 0.15) is 12.4 Å². The number of aromatic nitrogens is 2. The second-order valence-corrected chi connectivity index (χ2v) is 9.27. The van der Waals surface area contributed by atoms with Crippen LogP contribution in [0.2, 0.25) is 0 Å². The van der Waals surface area contributed by atoms with Crippen LogP contribution < -0.4 is 15.0 Å². The molecule has 6 nitrogen and oxygen atoms in total. The van der Waals surface area contributed by atoms with E-state index in [1.165, 1.54) is 56.9 Å². The third-order valence-electron chi connectivity index (χ3n) is 6.96. The Balaban J connectivity index is 1.19. The summed E-state index contributed by atoms with van der Waals surface area (Å²) in [6.45, 7) is 4.09. The second kappa shape index (κ2) is 9.43. The average molecular weight is 424 g/mol. The summed E-state index contributed by atoms with van der Waals surface area (Å²) >= 11 is 0. The van der Waals surface area contributed by atoms with E-state index in [0.717, 1.165) is 31.1 Å². The molecule has 0 amide bonds. The number of hydrogen-bond acceptors (Lipinski definition) is 5. The minimum atomic E-state index is -0.224. The quantitative estimate of drug-likeness (QED) is 0.700. The van der Waals surface area contributed by atoms with Crippen LogP contribution in [0, 0.1) is 0 Å². The van der Waals surface area contributed by atoms with E-state index in [2.05, 4.69) is 38.7 Å². The first-order valence-electron chi connectivity index (χ1n) is 12.0. The van der Waals surface area contributed by atoms with E-state index >= 15 is 0 Å². The average Bonchev–Trinajstić information content (AvgIpc) is 3.22. The zero-order valence-corrected chi connectivity index (χ0v) is 18.3. The molecule has 1 aliphatic carbocycles. The number of likely N-dealkylation sites (tertiary alicyclic amines) is 1. The molecular formula is C25H33N3O3. The predicted octanol–water partition coefficient (Wildman–Crippen LogP) is 4.12. The maximum absolute atomic E-state index is 12.1. The predicted molar refractivity (Wildman–Crippen MR) is 120 cm³/mol. The summed E-state index contributed by atoms with van der Waals surface area (Å²) in [5, 5.41) is 0. The highest BCUT2D eigenvalue weighted by molar-refractivity contribution is 5.29. The van der Waals surface area contributed by atoms with Crippen molar-refractivity contribution in [2.75, 3.05) is 19.7 Å². The van der Waals surface area contributed by atoms with Crippen molar-refractivity contribution in [3.63, 3.8) is 0 Å². The van der Waals surface area contributed by atoms with Crippen LogP contribution in [0.1, 0.15) is 68.5 Å². The third kappa shape index (κ3) is 4.95. The van der Waals surface area contributed by atoms with Gasteiger partial charge in [-0.2, -0.15) is 4.98 Å². The number of nitrogens with zero attached hydrogens (tertiary/aromatic N) is 3. The molecular weight excluding hydrogens is 390 g/mol. The summed E-state index contributed by atoms with van der Waals surface area (Å²) in [4.78, 5) is 18.6. The molecule has 3 heterocycles. The Morgan fingerprint density at radius 1 is 1.00 bits per heavy atom. The van der Waals surface area contributed by atoms with Crippen molar-refractivity contribution in [1.82, 2.24) is 14.5 Å². The molecule has 2 aliphatic heterocycles. The molecule has 2 aromatic rings. The minimum Gasteiger partial charge on any atom is -0.490 e. The largest absolute Gasteiger partial charge is 0.490 e. The molecule has 1 aromatic carbocycles. The van der Waals surface area contributed by atoms with Crippen LogP contribution in [0.3, 0.4) is 0 Å². The molecule has 2 fully saturated rings. The molecule has 0 bridgehead atoms. The van der Waals surface area contributed by atoms with Crippen LogP contribution in [0.15, 0.2) is 35.1 Å². The smallest absolute Gasteiger partial charge is 0.300 e. The molecule has 1 aromatic heterocycles. The maximum Gasteiger partial charge on any atom is 0.300 e. The lowest BCUT2D eigenvalue weighted by atomic mass is 9.84. The number of benzene rings is 1. The Morgan fingerprint density at radius 3 is 2.52 bits per heavy atom. The van der Waals surface area contributed by atoms with E-state index in [9.17, 15) is 4.79 Å². The molecule has 1 atom stereocenters. The Labute approximate surface area is 184 Å². The number of fused-ring (bicyclic) bond motifs is 1. The zero-order valence-electron chi connectivity index (χ0n) is 18.3. The Hall–Kier alpha value is -2.34. The first kappa shape index (κ1) is 20.6. The molecule has 1 saturated carbocycles. The van der Waals surface area contributed by atoms with Crippen molar-refractivity contribution in [2.24, 2.45) is 0 Å². The third-order valence-corrected chi connectivity index (χ3v) is 6.96. The normalized spacial score (nSPS) is 22.1. The van der Waals surface area contributed by atoms with E-state index in [1.807, 2.05) is 0 Å². The Bertz CT molecular complexity index is 928. The fraction of sp³-hybridized carbons (Fsp3) is 0.600. The first-order valence-corrected chi connectivity index (χ1v) is 12.0. The van der Waals surface area contributed by atoms with Crippen molar-refractivity contribution in [3.8, 4) is 11.8 Å². The molecule has 0 N–H and O–H groups in total. The summed E-state index contributed by atoms with van der Waals surface area (Å²) in [7, 11) is 0. The number of piperidine rings is 1. The summed E-state index contributed by atoms with van der Waals surface area (Å²) < 4.78 is 14.0. The van der Waals surface area contributed by atoms with Gasteiger partial charge >= 0.3 is 6.01 Å². The van der Waals surface area contributed by atoms with Crippen LogP contribution in [-0.2, 0) is 13.1 Å². The van der Waals surface area contributed by atoms with E-state index < -0.39 is 0 Å². The topological polar surface area (TPSA) is 56.6 Å². The molecule has 166 valence electrons. The fourth-order valence-corrected chi connectivity index (χ4v) is 5.23. The van der Waals surface area contributed by atoms with Crippen LogP contribution in [0.25, 0.3) is 0 Å². The number of ether oxygens (including phenoxy) is 2. The van der Waals surface area contributed by atoms with Crippen molar-refractivity contribution in [3.05, 3.63) is 51.9 Å². The van der Waals surface area contributed by atoms with Gasteiger partial charge in [0.15, 0.2) is 6.10 Å². The van der Waals surface area contributed by atoms with E-state index in [4.69, 9.17) is 9.47 Å². The van der Waals surface area contributed by atoms with Gasteiger partial charge in [0.2, 0.25) is 0 Å². The van der Waals surface area contributed by atoms with E-state index in [1.54, 1.807) is 6.07 Å². The van der Waals surface area contributed by atoms with Gasteiger partial charge in [-0.1, -0.05) is 37.8 Å². The van der Waals surface area contributed by atoms with Gasteiger partial charge in [-0.25, -0.2) is 0 Å². The van der Waals surface area contributed by atoms with Crippen molar-refractivity contribution < 1.29 is 9.47 Å². The van der Waals surface area contributed by atoms with Crippen LogP contribution in [0.5, 0.6) is 11.8 Å². The molecule has 0 spiro atoms. The van der Waals surface area contributed by atoms with Gasteiger partial charge in [-0.05, 0) is 62.4 Å². The monoisotopic (exact) mass is 423 g/mol. The molecule has 31 heavy (non-hydrogen) atoms. The lowest BCUT2D eigenvalue weighted by Gasteiger charge is -2.27. The first-order chi connectivity index (χ1) is 15.2. The Kier molecular flexibility index (Phi) is 6.25. The Morgan fingerprint density at radius 2 is 1.74 bits per heavy atom. The SMILES string of the molecule is O=c1cc(CN2CCCCC2)n2c(n1)OC(COc1ccc(C3CCCCC3)cc1)C2. The van der Waals surface area contributed by atoms with E-state index in [0.29, 0.717) is 25.1 Å². The minimum absolute atomic E-state index is 0.132. The lowest BCUT2D eigenvalue weighted by Crippen LogP contribution is -2.31. The van der Waals surface area contributed by atoms with Gasteiger partial charge in [0, 0.05) is 18.3 Å². The molecule has 3 aliphatic rings. The second-order valence-electron chi connectivity index (χ2n) is 9.27. The van der Waals surface area contributed by atoms with Gasteiger partial charge in [-0.15, -0.1) is 0 Å². The van der Waals surface area contributed by atoms with Gasteiger partial charge in [0.05, 0.1) is 6.54 Å².